The number of carbonyl (C=O) groups is 2. The van der Waals surface area contributed by atoms with E-state index in [9.17, 15) is 18.0 Å². The maximum atomic E-state index is 11.6. The molecule has 0 atom stereocenters. The number of carbonyl (C=O) groups excluding carboxylic acids is 2. The van der Waals surface area contributed by atoms with Gasteiger partial charge in [0.2, 0.25) is 5.91 Å². The zero-order chi connectivity index (χ0) is 14.0. The van der Waals surface area contributed by atoms with Gasteiger partial charge in [-0.3, -0.25) is 4.79 Å². The van der Waals surface area contributed by atoms with Crippen LogP contribution >= 0.6 is 0 Å². The number of alkyl carbamates (subject to hydrolysis) is 1. The van der Waals surface area contributed by atoms with Gasteiger partial charge >= 0.3 is 6.09 Å². The van der Waals surface area contributed by atoms with E-state index in [2.05, 4.69) is 5.32 Å². The summed E-state index contributed by atoms with van der Waals surface area (Å²) in [6.45, 7) is 5.05. The van der Waals surface area contributed by atoms with Crippen molar-refractivity contribution in [3.63, 3.8) is 0 Å². The van der Waals surface area contributed by atoms with Gasteiger partial charge in [-0.15, -0.1) is 0 Å². The fraction of sp³-hybridized carbons (Fsp3) is 0.800. The molecule has 1 heterocycles. The number of nitrogens with zero attached hydrogens (tertiary/aromatic N) is 1. The molecular weight excluding hydrogens is 260 g/mol. The van der Waals surface area contributed by atoms with Crippen molar-refractivity contribution in [3.8, 4) is 0 Å². The Balaban J connectivity index is 2.36. The lowest BCUT2D eigenvalue weighted by molar-refractivity contribution is -0.128. The molecule has 0 aliphatic carbocycles. The van der Waals surface area contributed by atoms with Gasteiger partial charge in [0.15, 0.2) is 9.84 Å². The summed E-state index contributed by atoms with van der Waals surface area (Å²) in [6.07, 6.45) is -0.696. The third kappa shape index (κ3) is 4.91. The highest BCUT2D eigenvalue weighted by Crippen LogP contribution is 2.08. The van der Waals surface area contributed by atoms with Crippen molar-refractivity contribution < 1.29 is 22.7 Å². The predicted octanol–water partition coefficient (Wildman–Crippen LogP) is -0.274. The van der Waals surface area contributed by atoms with E-state index in [-0.39, 0.29) is 24.7 Å². The Kier molecular flexibility index (Phi) is 4.20. The summed E-state index contributed by atoms with van der Waals surface area (Å²) in [5.41, 5.74) is -0.635. The average Bonchev–Trinajstić information content (AvgIpc) is 2.52. The van der Waals surface area contributed by atoms with E-state index in [4.69, 9.17) is 4.74 Å². The first kappa shape index (κ1) is 14.7. The standard InChI is InChI=1S/C10H18N2O5S/c1-10(2,3)17-9(14)11-6-8(13)12-4-5-18(15,16)7-12/h4-7H2,1-3H3,(H,11,14). The van der Waals surface area contributed by atoms with Gasteiger partial charge in [-0.05, 0) is 20.8 Å². The summed E-state index contributed by atoms with van der Waals surface area (Å²) in [7, 11) is -3.15. The summed E-state index contributed by atoms with van der Waals surface area (Å²) in [5, 5.41) is 2.30. The molecule has 1 fully saturated rings. The van der Waals surface area contributed by atoms with Crippen molar-refractivity contribution in [2.24, 2.45) is 0 Å². The highest BCUT2D eigenvalue weighted by Gasteiger charge is 2.29. The SMILES string of the molecule is CC(C)(C)OC(=O)NCC(=O)N1CCS(=O)(=O)C1. The van der Waals surface area contributed by atoms with Gasteiger partial charge < -0.3 is 15.0 Å². The van der Waals surface area contributed by atoms with Crippen LogP contribution in [0.3, 0.4) is 0 Å². The number of amides is 2. The fourth-order valence-electron chi connectivity index (χ4n) is 1.39. The highest BCUT2D eigenvalue weighted by atomic mass is 32.2. The first-order chi connectivity index (χ1) is 8.09. The quantitative estimate of drug-likeness (QED) is 0.750. The maximum absolute atomic E-state index is 11.6. The van der Waals surface area contributed by atoms with Crippen molar-refractivity contribution in [3.05, 3.63) is 0 Å². The first-order valence-electron chi connectivity index (χ1n) is 5.54. The minimum absolute atomic E-state index is 0.0226. The van der Waals surface area contributed by atoms with E-state index in [0.717, 1.165) is 0 Å². The molecular formula is C10H18N2O5S. The van der Waals surface area contributed by atoms with Gasteiger partial charge in [-0.1, -0.05) is 0 Å². The van der Waals surface area contributed by atoms with Crippen LogP contribution < -0.4 is 5.32 Å². The van der Waals surface area contributed by atoms with Gasteiger partial charge in [0.1, 0.15) is 18.0 Å². The summed E-state index contributed by atoms with van der Waals surface area (Å²) < 4.78 is 27.3. The molecule has 1 aliphatic rings. The molecule has 0 aromatic rings. The van der Waals surface area contributed by atoms with E-state index in [1.54, 1.807) is 20.8 Å². The normalized spacial score (nSPS) is 18.5. The molecule has 0 saturated carbocycles. The lowest BCUT2D eigenvalue weighted by atomic mass is 10.2. The van der Waals surface area contributed by atoms with Crippen molar-refractivity contribution in [1.29, 1.82) is 0 Å². The van der Waals surface area contributed by atoms with Crippen LogP contribution in [0.15, 0.2) is 0 Å². The second kappa shape index (κ2) is 5.13. The first-order valence-corrected chi connectivity index (χ1v) is 7.36. The van der Waals surface area contributed by atoms with E-state index in [1.165, 1.54) is 4.90 Å². The van der Waals surface area contributed by atoms with Crippen LogP contribution in [0, 0.1) is 0 Å². The molecule has 0 radical (unpaired) electrons. The van der Waals surface area contributed by atoms with Crippen molar-refractivity contribution in [2.45, 2.75) is 26.4 Å². The lowest BCUT2D eigenvalue weighted by Gasteiger charge is -2.20. The number of rotatable bonds is 2. The fourth-order valence-corrected chi connectivity index (χ4v) is 2.76. The van der Waals surface area contributed by atoms with Gasteiger partial charge in [-0.25, -0.2) is 13.2 Å². The summed E-state index contributed by atoms with van der Waals surface area (Å²) >= 11 is 0. The van der Waals surface area contributed by atoms with Crippen LogP contribution in [-0.4, -0.2) is 55.6 Å². The van der Waals surface area contributed by atoms with E-state index in [1.807, 2.05) is 0 Å². The lowest BCUT2D eigenvalue weighted by Crippen LogP contribution is -2.41. The number of hydrogen-bond donors (Lipinski definition) is 1. The minimum Gasteiger partial charge on any atom is -0.444 e. The van der Waals surface area contributed by atoms with Crippen LogP contribution in [0.25, 0.3) is 0 Å². The Morgan fingerprint density at radius 3 is 2.39 bits per heavy atom. The van der Waals surface area contributed by atoms with Gasteiger partial charge in [0, 0.05) is 6.54 Å². The Bertz CT molecular complexity index is 438. The molecule has 1 N–H and O–H groups in total. The molecule has 2 amide bonds. The summed E-state index contributed by atoms with van der Waals surface area (Å²) in [5.74, 6) is -0.727. The molecule has 0 aromatic heterocycles. The third-order valence-electron chi connectivity index (χ3n) is 2.16. The molecule has 18 heavy (non-hydrogen) atoms. The molecule has 0 aromatic carbocycles. The molecule has 0 unspecified atom stereocenters. The molecule has 0 spiro atoms. The molecule has 1 saturated heterocycles. The Hall–Kier alpha value is -1.31. The topological polar surface area (TPSA) is 92.8 Å². The Labute approximate surface area is 106 Å². The van der Waals surface area contributed by atoms with E-state index >= 15 is 0 Å². The summed E-state index contributed by atoms with van der Waals surface area (Å²) in [6, 6.07) is 0. The number of ether oxygens (including phenoxy) is 1. The number of sulfone groups is 1. The van der Waals surface area contributed by atoms with Crippen LogP contribution in [0.1, 0.15) is 20.8 Å². The number of nitrogens with one attached hydrogen (secondary N) is 1. The van der Waals surface area contributed by atoms with E-state index < -0.39 is 27.4 Å². The monoisotopic (exact) mass is 278 g/mol. The minimum atomic E-state index is -3.15. The van der Waals surface area contributed by atoms with Crippen molar-refractivity contribution in [2.75, 3.05) is 24.7 Å². The molecule has 7 nitrogen and oxygen atoms in total. The Morgan fingerprint density at radius 2 is 1.94 bits per heavy atom. The summed E-state index contributed by atoms with van der Waals surface area (Å²) in [4.78, 5) is 24.1. The third-order valence-corrected chi connectivity index (χ3v) is 3.67. The van der Waals surface area contributed by atoms with Crippen LogP contribution in [0.5, 0.6) is 0 Å². The Morgan fingerprint density at radius 1 is 1.33 bits per heavy atom. The zero-order valence-corrected chi connectivity index (χ0v) is 11.5. The number of hydrogen-bond acceptors (Lipinski definition) is 5. The smallest absolute Gasteiger partial charge is 0.408 e. The van der Waals surface area contributed by atoms with Gasteiger partial charge in [0.05, 0.1) is 5.75 Å². The maximum Gasteiger partial charge on any atom is 0.408 e. The second-order valence-corrected chi connectivity index (χ2v) is 7.24. The van der Waals surface area contributed by atoms with Gasteiger partial charge in [-0.2, -0.15) is 0 Å². The molecule has 1 rings (SSSR count). The second-order valence-electron chi connectivity index (χ2n) is 5.09. The molecule has 8 heteroatoms. The highest BCUT2D eigenvalue weighted by molar-refractivity contribution is 7.91. The van der Waals surface area contributed by atoms with Crippen molar-refractivity contribution in [1.82, 2.24) is 10.2 Å². The molecule has 0 bridgehead atoms. The largest absolute Gasteiger partial charge is 0.444 e. The van der Waals surface area contributed by atoms with E-state index in [0.29, 0.717) is 0 Å². The molecule has 104 valence electrons. The van der Waals surface area contributed by atoms with Crippen molar-refractivity contribution >= 4 is 21.8 Å². The van der Waals surface area contributed by atoms with Gasteiger partial charge in [0.25, 0.3) is 0 Å². The predicted molar refractivity (Wildman–Crippen MR) is 64.6 cm³/mol. The zero-order valence-electron chi connectivity index (χ0n) is 10.7. The van der Waals surface area contributed by atoms with Crippen LogP contribution in [0.4, 0.5) is 4.79 Å². The average molecular weight is 278 g/mol. The van der Waals surface area contributed by atoms with Crippen LogP contribution in [0.2, 0.25) is 0 Å². The molecule has 1 aliphatic heterocycles. The van der Waals surface area contributed by atoms with Crippen LogP contribution in [-0.2, 0) is 19.4 Å².